The molecule has 4 rings (SSSR count). The Kier molecular flexibility index (Phi) is 14.4. The number of fused-ring (bicyclic) bond motifs is 1. The molecule has 0 atom stereocenters. The normalized spacial score (nSPS) is 11.2. The van der Waals surface area contributed by atoms with Crippen molar-refractivity contribution in [1.29, 1.82) is 0 Å². The van der Waals surface area contributed by atoms with Gasteiger partial charge in [-0.3, -0.25) is 9.89 Å². The van der Waals surface area contributed by atoms with Crippen molar-refractivity contribution < 1.29 is 28.3 Å². The number of aromatic nitrogens is 4. The van der Waals surface area contributed by atoms with Crippen molar-refractivity contribution in [2.24, 2.45) is 0 Å². The van der Waals surface area contributed by atoms with E-state index in [9.17, 15) is 9.59 Å². The number of carbonyl (C=O) groups is 2. The van der Waals surface area contributed by atoms with Crippen molar-refractivity contribution in [2.45, 2.75) is 95.8 Å². The predicted molar refractivity (Wildman–Crippen MR) is 178 cm³/mol. The first-order valence-corrected chi connectivity index (χ1v) is 16.9. The van der Waals surface area contributed by atoms with Crippen molar-refractivity contribution in [3.05, 3.63) is 65.6 Å². The van der Waals surface area contributed by atoms with Crippen LogP contribution >= 0.6 is 12.0 Å². The number of ether oxygens (including phenoxy) is 2. The van der Waals surface area contributed by atoms with Gasteiger partial charge in [0.25, 0.3) is 0 Å². The fourth-order valence-corrected chi connectivity index (χ4v) is 5.39. The lowest BCUT2D eigenvalue weighted by Crippen LogP contribution is -2.10. The number of rotatable bonds is 21. The number of hydrogen-bond donors (Lipinski definition) is 2. The third-order valence-electron chi connectivity index (χ3n) is 7.50. The van der Waals surface area contributed by atoms with E-state index in [1.807, 2.05) is 31.2 Å². The second kappa shape index (κ2) is 18.9. The van der Waals surface area contributed by atoms with Crippen LogP contribution in [0.2, 0.25) is 0 Å². The quantitative estimate of drug-likeness (QED) is 0.0300. The zero-order valence-corrected chi connectivity index (χ0v) is 27.8. The number of anilines is 1. The highest BCUT2D eigenvalue weighted by atomic mass is 32.2. The smallest absolute Gasteiger partial charge is 0.337 e. The molecule has 0 saturated heterocycles. The molecule has 248 valence electrons. The van der Waals surface area contributed by atoms with Gasteiger partial charge in [0, 0.05) is 23.4 Å². The summed E-state index contributed by atoms with van der Waals surface area (Å²) in [6, 6.07) is 14.2. The first kappa shape index (κ1) is 35.0. The maximum absolute atomic E-state index is 12.3. The van der Waals surface area contributed by atoms with Crippen LogP contribution in [0.4, 0.5) is 5.69 Å². The number of hydrogen-bond acceptors (Lipinski definition) is 9. The first-order valence-electron chi connectivity index (χ1n) is 16.1. The van der Waals surface area contributed by atoms with Gasteiger partial charge in [0.1, 0.15) is 5.75 Å². The van der Waals surface area contributed by atoms with Gasteiger partial charge in [0.2, 0.25) is 11.6 Å². The Morgan fingerprint density at radius 1 is 0.891 bits per heavy atom. The number of unbranched alkanes of at least 4 members (excludes halogenated alkanes) is 8. The van der Waals surface area contributed by atoms with Crippen molar-refractivity contribution in [1.82, 2.24) is 19.8 Å². The number of methoxy groups -OCH3 is 1. The molecule has 1 amide bonds. The molecule has 0 fully saturated rings. The van der Waals surface area contributed by atoms with Gasteiger partial charge in [-0.15, -0.1) is 10.2 Å². The fraction of sp³-hybridized carbons (Fsp3) is 0.471. The lowest BCUT2D eigenvalue weighted by Gasteiger charge is -2.07. The lowest BCUT2D eigenvalue weighted by molar-refractivity contribution is -0.191. The highest BCUT2D eigenvalue weighted by Crippen LogP contribution is 2.29. The number of nitrogens with zero attached hydrogens (tertiary/aromatic N) is 3. The number of benzene rings is 2. The van der Waals surface area contributed by atoms with E-state index in [-0.39, 0.29) is 5.91 Å². The molecule has 12 heteroatoms. The molecule has 46 heavy (non-hydrogen) atoms. The van der Waals surface area contributed by atoms with E-state index >= 15 is 0 Å². The molecular formula is C34H45N5O6S. The van der Waals surface area contributed by atoms with E-state index in [1.54, 1.807) is 28.8 Å². The van der Waals surface area contributed by atoms with Crippen molar-refractivity contribution >= 4 is 35.3 Å². The molecule has 2 heterocycles. The number of amides is 1. The van der Waals surface area contributed by atoms with Gasteiger partial charge in [0.05, 0.1) is 37.0 Å². The number of aromatic amines is 1. The lowest BCUT2D eigenvalue weighted by atomic mass is 10.1. The second-order valence-electron chi connectivity index (χ2n) is 11.2. The molecule has 0 aliphatic rings. The summed E-state index contributed by atoms with van der Waals surface area (Å²) in [4.78, 5) is 30.2. The Morgan fingerprint density at radius 3 is 2.28 bits per heavy atom. The van der Waals surface area contributed by atoms with Crippen LogP contribution in [0.3, 0.4) is 0 Å². The van der Waals surface area contributed by atoms with E-state index in [0.717, 1.165) is 47.0 Å². The Hall–Kier alpha value is -3.87. The Balaban J connectivity index is 1.10. The Bertz CT molecular complexity index is 1500. The van der Waals surface area contributed by atoms with Gasteiger partial charge < -0.3 is 14.8 Å². The molecule has 11 nitrogen and oxygen atoms in total. The minimum Gasteiger partial charge on any atom is -0.465 e. The van der Waals surface area contributed by atoms with Crippen LogP contribution < -0.4 is 10.1 Å². The molecule has 0 aliphatic carbocycles. The van der Waals surface area contributed by atoms with Crippen LogP contribution in [0.25, 0.3) is 5.65 Å². The molecule has 2 N–H and O–H groups in total. The summed E-state index contributed by atoms with van der Waals surface area (Å²) in [5.41, 5.74) is 2.58. The van der Waals surface area contributed by atoms with Crippen LogP contribution in [0.15, 0.2) is 53.4 Å². The average Bonchev–Trinajstić information content (AvgIpc) is 3.60. The number of esters is 1. The van der Waals surface area contributed by atoms with E-state index in [4.69, 9.17) is 18.7 Å². The third-order valence-corrected chi connectivity index (χ3v) is 8.13. The van der Waals surface area contributed by atoms with Gasteiger partial charge in [0.15, 0.2) is 11.6 Å². The van der Waals surface area contributed by atoms with Crippen LogP contribution in [-0.2, 0) is 25.2 Å². The number of H-pyrrole nitrogens is 1. The molecular weight excluding hydrogens is 606 g/mol. The van der Waals surface area contributed by atoms with Gasteiger partial charge in [-0.2, -0.15) is 4.33 Å². The monoisotopic (exact) mass is 651 g/mol. The van der Waals surface area contributed by atoms with Gasteiger partial charge >= 0.3 is 5.97 Å². The zero-order valence-electron chi connectivity index (χ0n) is 27.0. The summed E-state index contributed by atoms with van der Waals surface area (Å²) in [5, 5.41) is 14.8. The maximum Gasteiger partial charge on any atom is 0.337 e. The molecule has 2 aromatic carbocycles. The maximum atomic E-state index is 12.3. The molecule has 0 unspecified atom stereocenters. The zero-order chi connectivity index (χ0) is 32.6. The van der Waals surface area contributed by atoms with E-state index in [0.29, 0.717) is 48.6 Å². The predicted octanol–water partition coefficient (Wildman–Crippen LogP) is 8.39. The average molecular weight is 652 g/mol. The first-order chi connectivity index (χ1) is 22.5. The number of aryl methyl sites for hydroxylation is 2. The molecule has 4 aromatic rings. The van der Waals surface area contributed by atoms with Gasteiger partial charge in [-0.05, 0) is 68.3 Å². The van der Waals surface area contributed by atoms with Crippen LogP contribution in [-0.4, -0.2) is 45.4 Å². The molecule has 0 radical (unpaired) electrons. The van der Waals surface area contributed by atoms with E-state index < -0.39 is 5.97 Å². The number of carbonyl (C=O) groups excluding carboxylic acids is 2. The summed E-state index contributed by atoms with van der Waals surface area (Å²) in [5.74, 6) is 1.51. The molecule has 0 spiro atoms. The van der Waals surface area contributed by atoms with E-state index in [2.05, 4.69) is 27.5 Å². The van der Waals surface area contributed by atoms with E-state index in [1.165, 1.54) is 52.1 Å². The van der Waals surface area contributed by atoms with Crippen molar-refractivity contribution in [3.8, 4) is 11.5 Å². The largest absolute Gasteiger partial charge is 0.465 e. The fourth-order valence-electron chi connectivity index (χ4n) is 4.95. The Morgan fingerprint density at radius 2 is 1.59 bits per heavy atom. The van der Waals surface area contributed by atoms with Crippen molar-refractivity contribution in [2.75, 3.05) is 19.0 Å². The molecule has 0 bridgehead atoms. The van der Waals surface area contributed by atoms with Gasteiger partial charge in [-0.25, -0.2) is 14.2 Å². The summed E-state index contributed by atoms with van der Waals surface area (Å²) in [6.45, 7) is 4.50. The highest BCUT2D eigenvalue weighted by Gasteiger charge is 2.17. The summed E-state index contributed by atoms with van der Waals surface area (Å²) in [7, 11) is 1.34. The Labute approximate surface area is 274 Å². The summed E-state index contributed by atoms with van der Waals surface area (Å²) in [6.07, 6.45) is 12.9. The SMILES string of the molecule is CCCCCCCCCCCC(=O)Nc1ccc(SOOCCCc2nnc3c(Oc4ccc(C(=O)OC)cc4)c(C)[nH]n23)cc1. The minimum absolute atomic E-state index is 0.0536. The standard InChI is InChI=1S/C34H45N5O6S/c1-4-5-6-7-8-9-10-11-12-15-31(40)35-27-18-22-29(23-19-27)46-45-43-24-13-14-30-36-37-33-32(25(2)38-39(30)33)44-28-20-16-26(17-21-28)34(41)42-3/h16-23,38H,4-15,24H2,1-3H3,(H,35,40). The minimum atomic E-state index is -0.406. The third kappa shape index (κ3) is 10.9. The molecule has 2 aromatic heterocycles. The topological polar surface area (TPSA) is 129 Å². The van der Waals surface area contributed by atoms with Crippen LogP contribution in [0.5, 0.6) is 11.5 Å². The highest BCUT2D eigenvalue weighted by molar-refractivity contribution is 7.94. The summed E-state index contributed by atoms with van der Waals surface area (Å²) < 4.78 is 17.9. The van der Waals surface area contributed by atoms with Crippen LogP contribution in [0.1, 0.15) is 99.4 Å². The molecule has 0 aliphatic heterocycles. The van der Waals surface area contributed by atoms with Gasteiger partial charge in [-0.1, -0.05) is 58.3 Å². The number of nitrogens with one attached hydrogen (secondary N) is 2. The van der Waals surface area contributed by atoms with Crippen molar-refractivity contribution in [3.63, 3.8) is 0 Å². The molecule has 0 saturated carbocycles. The second-order valence-corrected chi connectivity index (χ2v) is 12.0. The van der Waals surface area contributed by atoms with Crippen LogP contribution in [0, 0.1) is 6.92 Å². The summed E-state index contributed by atoms with van der Waals surface area (Å²) >= 11 is 1.12.